The average molecular weight is 262 g/mol. The van der Waals surface area contributed by atoms with Gasteiger partial charge in [0, 0.05) is 31.9 Å². The van der Waals surface area contributed by atoms with Gasteiger partial charge >= 0.3 is 0 Å². The fourth-order valence-corrected chi connectivity index (χ4v) is 2.89. The number of methoxy groups -OCH3 is 1. The molecule has 1 saturated heterocycles. The van der Waals surface area contributed by atoms with Crippen molar-refractivity contribution in [3.63, 3.8) is 0 Å². The lowest BCUT2D eigenvalue weighted by Gasteiger charge is -2.41. The van der Waals surface area contributed by atoms with Crippen LogP contribution >= 0.6 is 0 Å². The molecule has 1 aliphatic rings. The van der Waals surface area contributed by atoms with Crippen LogP contribution in [0.25, 0.3) is 0 Å². The van der Waals surface area contributed by atoms with E-state index in [1.807, 2.05) is 7.11 Å². The summed E-state index contributed by atoms with van der Waals surface area (Å²) in [6.07, 6.45) is 3.26. The summed E-state index contributed by atoms with van der Waals surface area (Å²) in [5.74, 6) is 0. The molecule has 2 N–H and O–H groups in total. The molecule has 0 amide bonds. The first-order valence-electron chi connectivity index (χ1n) is 7.24. The van der Waals surface area contributed by atoms with Crippen LogP contribution in [0.5, 0.6) is 0 Å². The Kier molecular flexibility index (Phi) is 4.48. The summed E-state index contributed by atoms with van der Waals surface area (Å²) in [4.78, 5) is 2.43. The number of para-hydroxylation sites is 1. The molecule has 2 atom stereocenters. The van der Waals surface area contributed by atoms with E-state index in [0.717, 1.165) is 25.9 Å². The fraction of sp³-hybridized carbons (Fsp3) is 0.625. The van der Waals surface area contributed by atoms with Gasteiger partial charge < -0.3 is 15.4 Å². The van der Waals surface area contributed by atoms with Crippen molar-refractivity contribution in [2.24, 2.45) is 5.73 Å². The summed E-state index contributed by atoms with van der Waals surface area (Å²) in [6, 6.07) is 8.63. The molecular formula is C16H26N2O. The lowest BCUT2D eigenvalue weighted by molar-refractivity contribution is -0.00469. The molecule has 1 aromatic carbocycles. The van der Waals surface area contributed by atoms with Gasteiger partial charge in [-0.2, -0.15) is 0 Å². The van der Waals surface area contributed by atoms with E-state index in [-0.39, 0.29) is 11.6 Å². The molecule has 0 saturated carbocycles. The maximum absolute atomic E-state index is 6.24. The minimum Gasteiger partial charge on any atom is -0.377 e. The highest BCUT2D eigenvalue weighted by Crippen LogP contribution is 2.32. The second-order valence-corrected chi connectivity index (χ2v) is 5.75. The third-order valence-electron chi connectivity index (χ3n) is 4.27. The first kappa shape index (κ1) is 14.4. The second-order valence-electron chi connectivity index (χ2n) is 5.75. The Labute approximate surface area is 116 Å². The smallest absolute Gasteiger partial charge is 0.0825 e. The topological polar surface area (TPSA) is 38.5 Å². The van der Waals surface area contributed by atoms with E-state index in [9.17, 15) is 0 Å². The van der Waals surface area contributed by atoms with Crippen molar-refractivity contribution in [2.45, 2.75) is 44.8 Å². The first-order valence-corrected chi connectivity index (χ1v) is 7.24. The summed E-state index contributed by atoms with van der Waals surface area (Å²) in [7, 11) is 1.81. The maximum atomic E-state index is 6.24. The van der Waals surface area contributed by atoms with Crippen molar-refractivity contribution in [1.29, 1.82) is 0 Å². The standard InChI is InChI=1S/C16H26N2O/c1-4-14(17)13-8-5-6-9-15(13)18-11-7-10-16(2,12-18)19-3/h5-6,8-9,14H,4,7,10-12,17H2,1-3H3/t14-,16?/m1/s1. The highest BCUT2D eigenvalue weighted by Gasteiger charge is 2.31. The Morgan fingerprint density at radius 2 is 2.16 bits per heavy atom. The minimum atomic E-state index is -0.0400. The van der Waals surface area contributed by atoms with Crippen molar-refractivity contribution >= 4 is 5.69 Å². The van der Waals surface area contributed by atoms with Gasteiger partial charge in [0.05, 0.1) is 5.60 Å². The Morgan fingerprint density at radius 3 is 2.84 bits per heavy atom. The van der Waals surface area contributed by atoms with Crippen molar-refractivity contribution < 1.29 is 4.74 Å². The third kappa shape index (κ3) is 3.10. The second kappa shape index (κ2) is 5.93. The number of nitrogens with zero attached hydrogens (tertiary/aromatic N) is 1. The van der Waals surface area contributed by atoms with Crippen molar-refractivity contribution in [2.75, 3.05) is 25.1 Å². The molecule has 0 spiro atoms. The number of hydrogen-bond donors (Lipinski definition) is 1. The van der Waals surface area contributed by atoms with Gasteiger partial charge in [0.2, 0.25) is 0 Å². The number of ether oxygens (including phenoxy) is 1. The van der Waals surface area contributed by atoms with Crippen LogP contribution in [0.1, 0.15) is 44.7 Å². The summed E-state index contributed by atoms with van der Waals surface area (Å²) in [5.41, 5.74) is 8.74. The lowest BCUT2D eigenvalue weighted by atomic mass is 9.93. The van der Waals surface area contributed by atoms with Crippen LogP contribution < -0.4 is 10.6 Å². The van der Waals surface area contributed by atoms with Gasteiger partial charge in [-0.3, -0.25) is 0 Å². The molecular weight excluding hydrogens is 236 g/mol. The largest absolute Gasteiger partial charge is 0.377 e. The zero-order valence-corrected chi connectivity index (χ0v) is 12.4. The van der Waals surface area contributed by atoms with Crippen LogP contribution in [0, 0.1) is 0 Å². The molecule has 1 aliphatic heterocycles. The summed E-state index contributed by atoms with van der Waals surface area (Å²) in [5, 5.41) is 0. The number of piperidine rings is 1. The predicted octanol–water partition coefficient (Wildman–Crippen LogP) is 3.10. The number of anilines is 1. The maximum Gasteiger partial charge on any atom is 0.0825 e. The van der Waals surface area contributed by atoms with Crippen molar-refractivity contribution in [1.82, 2.24) is 0 Å². The molecule has 0 aromatic heterocycles. The normalized spacial score (nSPS) is 25.4. The van der Waals surface area contributed by atoms with Gasteiger partial charge in [0.25, 0.3) is 0 Å². The molecule has 0 radical (unpaired) electrons. The average Bonchev–Trinajstić information content (AvgIpc) is 2.46. The van der Waals surface area contributed by atoms with Gasteiger partial charge in [-0.1, -0.05) is 25.1 Å². The zero-order valence-electron chi connectivity index (χ0n) is 12.4. The Bertz CT molecular complexity index is 421. The molecule has 0 bridgehead atoms. The molecule has 3 heteroatoms. The van der Waals surface area contributed by atoms with E-state index in [1.165, 1.54) is 17.7 Å². The lowest BCUT2D eigenvalue weighted by Crippen LogP contribution is -2.47. The van der Waals surface area contributed by atoms with Crippen LogP contribution in [0.4, 0.5) is 5.69 Å². The number of hydrogen-bond acceptors (Lipinski definition) is 3. The van der Waals surface area contributed by atoms with Gasteiger partial charge in [0.1, 0.15) is 0 Å². The molecule has 1 unspecified atom stereocenters. The Morgan fingerprint density at radius 1 is 1.42 bits per heavy atom. The van der Waals surface area contributed by atoms with Crippen LogP contribution in [0.3, 0.4) is 0 Å². The monoisotopic (exact) mass is 262 g/mol. The highest BCUT2D eigenvalue weighted by molar-refractivity contribution is 5.55. The van der Waals surface area contributed by atoms with Crippen molar-refractivity contribution in [3.8, 4) is 0 Å². The van der Waals surface area contributed by atoms with Crippen LogP contribution in [-0.2, 0) is 4.74 Å². The quantitative estimate of drug-likeness (QED) is 0.906. The summed E-state index contributed by atoms with van der Waals surface area (Å²) in [6.45, 7) is 6.36. The van der Waals surface area contributed by atoms with Gasteiger partial charge in [-0.05, 0) is 37.8 Å². The summed E-state index contributed by atoms with van der Waals surface area (Å²) < 4.78 is 5.68. The van der Waals surface area contributed by atoms with E-state index < -0.39 is 0 Å². The van der Waals surface area contributed by atoms with E-state index in [2.05, 4.69) is 43.0 Å². The van der Waals surface area contributed by atoms with E-state index in [0.29, 0.717) is 0 Å². The SMILES string of the molecule is CC[C@@H](N)c1ccccc1N1CCCC(C)(OC)C1. The molecule has 3 nitrogen and oxygen atoms in total. The number of benzene rings is 1. The number of nitrogens with two attached hydrogens (primary N) is 1. The molecule has 1 aromatic rings. The Hall–Kier alpha value is -1.06. The van der Waals surface area contributed by atoms with Crippen LogP contribution in [0.15, 0.2) is 24.3 Å². The van der Waals surface area contributed by atoms with E-state index in [1.54, 1.807) is 0 Å². The predicted molar refractivity (Wildman–Crippen MR) is 80.5 cm³/mol. The molecule has 106 valence electrons. The zero-order chi connectivity index (χ0) is 13.9. The molecule has 1 fully saturated rings. The van der Waals surface area contributed by atoms with Crippen LogP contribution in [0.2, 0.25) is 0 Å². The van der Waals surface area contributed by atoms with Crippen LogP contribution in [-0.4, -0.2) is 25.8 Å². The summed E-state index contributed by atoms with van der Waals surface area (Å²) >= 11 is 0. The van der Waals surface area contributed by atoms with E-state index >= 15 is 0 Å². The highest BCUT2D eigenvalue weighted by atomic mass is 16.5. The molecule has 2 rings (SSSR count). The minimum absolute atomic E-state index is 0.0400. The first-order chi connectivity index (χ1) is 9.09. The van der Waals surface area contributed by atoms with Crippen molar-refractivity contribution in [3.05, 3.63) is 29.8 Å². The van der Waals surface area contributed by atoms with Gasteiger partial charge in [-0.15, -0.1) is 0 Å². The molecule has 19 heavy (non-hydrogen) atoms. The van der Waals surface area contributed by atoms with Gasteiger partial charge in [-0.25, -0.2) is 0 Å². The third-order valence-corrected chi connectivity index (χ3v) is 4.27. The molecule has 0 aliphatic carbocycles. The number of rotatable bonds is 4. The fourth-order valence-electron chi connectivity index (χ4n) is 2.89. The van der Waals surface area contributed by atoms with Gasteiger partial charge in [0.15, 0.2) is 0 Å². The van der Waals surface area contributed by atoms with E-state index in [4.69, 9.17) is 10.5 Å². The molecule has 1 heterocycles. The Balaban J connectivity index is 2.26.